The molecule has 0 heterocycles. The fourth-order valence-corrected chi connectivity index (χ4v) is 4.22. The van der Waals surface area contributed by atoms with E-state index in [0.29, 0.717) is 21.1 Å². The lowest BCUT2D eigenvalue weighted by Gasteiger charge is -2.21. The van der Waals surface area contributed by atoms with Gasteiger partial charge in [0, 0.05) is 5.69 Å². The fraction of sp³-hybridized carbons (Fsp3) is 0.400. The molecule has 2 rings (SSSR count). The molecule has 0 aliphatic rings. The molecule has 2 amide bonds. The summed E-state index contributed by atoms with van der Waals surface area (Å²) in [7, 11) is -4.22. The summed E-state index contributed by atoms with van der Waals surface area (Å²) in [5.74, 6) is -1.32. The first-order valence-corrected chi connectivity index (χ1v) is 13.0. The van der Waals surface area contributed by atoms with Gasteiger partial charge in [-0.3, -0.25) is 10.1 Å². The van der Waals surface area contributed by atoms with Gasteiger partial charge in [0.2, 0.25) is 10.0 Å². The number of aryl methyl sites for hydroxylation is 1. The molecule has 1 N–H and O–H groups in total. The van der Waals surface area contributed by atoms with Crippen LogP contribution in [0.25, 0.3) is 0 Å². The lowest BCUT2D eigenvalue weighted by Crippen LogP contribution is -2.43. The molecule has 0 unspecified atom stereocenters. The quantitative estimate of drug-likeness (QED) is 0.366. The third-order valence-corrected chi connectivity index (χ3v) is 6.24. The number of anilines is 1. The minimum absolute atomic E-state index is 0.0372. The first-order chi connectivity index (χ1) is 16.9. The number of benzene rings is 2. The Balaban J connectivity index is 2.04. The number of hydrogen-bond donors (Lipinski definition) is 1. The molecule has 2 aromatic carbocycles. The second kappa shape index (κ2) is 12.9. The van der Waals surface area contributed by atoms with Gasteiger partial charge in [-0.15, -0.1) is 0 Å². The number of rotatable bonds is 10. The molecule has 0 fully saturated rings. The van der Waals surface area contributed by atoms with Crippen LogP contribution in [0, 0.1) is 0 Å². The maximum Gasteiger partial charge on any atom is 0.424 e. The fourth-order valence-electron chi connectivity index (χ4n) is 2.92. The lowest BCUT2D eigenvalue weighted by molar-refractivity contribution is -0.143. The van der Waals surface area contributed by atoms with Crippen molar-refractivity contribution in [2.24, 2.45) is 0 Å². The number of ether oxygens (including phenoxy) is 3. The summed E-state index contributed by atoms with van der Waals surface area (Å²) < 4.78 is 41.5. The number of carbonyl (C=O) groups is 3. The minimum Gasteiger partial charge on any atom is -0.465 e. The van der Waals surface area contributed by atoms with Crippen LogP contribution in [0.5, 0.6) is 0 Å². The highest BCUT2D eigenvalue weighted by Gasteiger charge is 2.31. The highest BCUT2D eigenvalue weighted by molar-refractivity contribution is 7.89. The first kappa shape index (κ1) is 28.6. The molecule has 11 heteroatoms. The zero-order valence-corrected chi connectivity index (χ0v) is 21.7. The van der Waals surface area contributed by atoms with Gasteiger partial charge < -0.3 is 14.2 Å². The summed E-state index contributed by atoms with van der Waals surface area (Å²) in [6.45, 7) is 5.92. The molecule has 196 valence electrons. The normalized spacial score (nSPS) is 11.3. The molecule has 0 aromatic heterocycles. The average Bonchev–Trinajstić information content (AvgIpc) is 2.80. The molecule has 0 bridgehead atoms. The average molecular weight is 521 g/mol. The maximum absolute atomic E-state index is 13.0. The van der Waals surface area contributed by atoms with Crippen LogP contribution in [0.1, 0.15) is 38.8 Å². The Morgan fingerprint density at radius 3 is 2.14 bits per heavy atom. The maximum atomic E-state index is 13.0. The molecule has 0 aliphatic heterocycles. The Morgan fingerprint density at radius 1 is 0.917 bits per heavy atom. The van der Waals surface area contributed by atoms with Gasteiger partial charge in [0.15, 0.2) is 0 Å². The molecule has 0 radical (unpaired) electrons. The van der Waals surface area contributed by atoms with Crippen LogP contribution < -0.4 is 5.32 Å². The largest absolute Gasteiger partial charge is 0.465 e. The van der Waals surface area contributed by atoms with Gasteiger partial charge in [-0.25, -0.2) is 18.0 Å². The molecule has 0 saturated heterocycles. The van der Waals surface area contributed by atoms with Crippen molar-refractivity contribution < 1.29 is 37.0 Å². The van der Waals surface area contributed by atoms with Crippen LogP contribution in [0.3, 0.4) is 0 Å². The Hall–Kier alpha value is -3.60. The SMILES string of the molecule is CCOC(=O)CN(C(=O)OCc1ccccc1)S(=O)(=O)CCc1ccc(NC(=O)OC(C)(C)C)cc1. The summed E-state index contributed by atoms with van der Waals surface area (Å²) >= 11 is 0. The van der Waals surface area contributed by atoms with E-state index in [1.807, 2.05) is 0 Å². The molecule has 0 saturated carbocycles. The molecular formula is C25H32N2O8S. The van der Waals surface area contributed by atoms with Crippen molar-refractivity contribution in [2.45, 2.75) is 46.3 Å². The van der Waals surface area contributed by atoms with Crippen molar-refractivity contribution in [3.05, 3.63) is 65.7 Å². The van der Waals surface area contributed by atoms with E-state index in [0.717, 1.165) is 0 Å². The van der Waals surface area contributed by atoms with Crippen molar-refractivity contribution >= 4 is 33.9 Å². The van der Waals surface area contributed by atoms with E-state index in [2.05, 4.69) is 5.32 Å². The Kier molecular flexibility index (Phi) is 10.3. The minimum atomic E-state index is -4.22. The molecule has 36 heavy (non-hydrogen) atoms. The van der Waals surface area contributed by atoms with Crippen LogP contribution in [-0.2, 0) is 42.1 Å². The van der Waals surface area contributed by atoms with Crippen molar-refractivity contribution in [3.63, 3.8) is 0 Å². The van der Waals surface area contributed by atoms with Gasteiger partial charge in [0.05, 0.1) is 12.4 Å². The van der Waals surface area contributed by atoms with Crippen LogP contribution in [0.2, 0.25) is 0 Å². The second-order valence-electron chi connectivity index (χ2n) is 8.74. The van der Waals surface area contributed by atoms with Crippen LogP contribution in [0.4, 0.5) is 15.3 Å². The van der Waals surface area contributed by atoms with Crippen molar-refractivity contribution in [3.8, 4) is 0 Å². The summed E-state index contributed by atoms with van der Waals surface area (Å²) in [5.41, 5.74) is 1.14. The molecule has 0 atom stereocenters. The van der Waals surface area contributed by atoms with Gasteiger partial charge in [-0.05, 0) is 57.4 Å². The molecule has 10 nitrogen and oxygen atoms in total. The Labute approximate surface area is 211 Å². The molecular weight excluding hydrogens is 488 g/mol. The number of sulfonamides is 1. The van der Waals surface area contributed by atoms with Gasteiger partial charge in [0.1, 0.15) is 18.8 Å². The zero-order valence-electron chi connectivity index (χ0n) is 20.9. The zero-order chi connectivity index (χ0) is 26.8. The standard InChI is InChI=1S/C25H32N2O8S/c1-5-33-22(28)17-27(24(30)34-18-20-9-7-6-8-10-20)36(31,32)16-15-19-11-13-21(14-12-19)26-23(29)35-25(2,3)4/h6-14H,5,15-18H2,1-4H3,(H,26,29). The number of nitrogens with zero attached hydrogens (tertiary/aromatic N) is 1. The first-order valence-electron chi connectivity index (χ1n) is 11.4. The van der Waals surface area contributed by atoms with E-state index >= 15 is 0 Å². The number of nitrogens with one attached hydrogen (secondary N) is 1. The third kappa shape index (κ3) is 9.95. The van der Waals surface area contributed by atoms with E-state index in [9.17, 15) is 22.8 Å². The number of carbonyl (C=O) groups excluding carboxylic acids is 3. The smallest absolute Gasteiger partial charge is 0.424 e. The van der Waals surface area contributed by atoms with Crippen molar-refractivity contribution in [1.82, 2.24) is 4.31 Å². The van der Waals surface area contributed by atoms with Gasteiger partial charge in [0.25, 0.3) is 0 Å². The molecule has 2 aromatic rings. The number of amides is 2. The van der Waals surface area contributed by atoms with Gasteiger partial charge >= 0.3 is 18.2 Å². The monoisotopic (exact) mass is 520 g/mol. The summed E-state index contributed by atoms with van der Waals surface area (Å²) in [6.07, 6.45) is -1.72. The van der Waals surface area contributed by atoms with E-state index in [4.69, 9.17) is 14.2 Å². The second-order valence-corrected chi connectivity index (χ2v) is 10.8. The summed E-state index contributed by atoms with van der Waals surface area (Å²) in [5, 5.41) is 2.59. The van der Waals surface area contributed by atoms with Crippen LogP contribution in [0.15, 0.2) is 54.6 Å². The Morgan fingerprint density at radius 2 is 1.56 bits per heavy atom. The van der Waals surface area contributed by atoms with E-state index in [-0.39, 0.29) is 19.6 Å². The predicted molar refractivity (Wildman–Crippen MR) is 134 cm³/mol. The summed E-state index contributed by atoms with van der Waals surface area (Å²) in [6, 6.07) is 15.2. The highest BCUT2D eigenvalue weighted by atomic mass is 32.2. The third-order valence-electron chi connectivity index (χ3n) is 4.57. The van der Waals surface area contributed by atoms with E-state index < -0.39 is 46.1 Å². The topological polar surface area (TPSA) is 128 Å². The van der Waals surface area contributed by atoms with Gasteiger partial charge in [-0.1, -0.05) is 42.5 Å². The number of esters is 1. The molecule has 0 spiro atoms. The highest BCUT2D eigenvalue weighted by Crippen LogP contribution is 2.15. The van der Waals surface area contributed by atoms with Crippen molar-refractivity contribution in [1.29, 1.82) is 0 Å². The van der Waals surface area contributed by atoms with Crippen LogP contribution in [-0.4, -0.2) is 55.4 Å². The van der Waals surface area contributed by atoms with Crippen molar-refractivity contribution in [2.75, 3.05) is 24.2 Å². The Bertz CT molecular complexity index is 1130. The van der Waals surface area contributed by atoms with Crippen LogP contribution >= 0.6 is 0 Å². The number of hydrogen-bond acceptors (Lipinski definition) is 8. The predicted octanol–water partition coefficient (Wildman–Crippen LogP) is 4.11. The van der Waals surface area contributed by atoms with E-state index in [1.165, 1.54) is 0 Å². The lowest BCUT2D eigenvalue weighted by atomic mass is 10.1. The van der Waals surface area contributed by atoms with Gasteiger partial charge in [-0.2, -0.15) is 4.31 Å². The van der Waals surface area contributed by atoms with E-state index in [1.54, 1.807) is 82.3 Å². The molecule has 0 aliphatic carbocycles. The summed E-state index contributed by atoms with van der Waals surface area (Å²) in [4.78, 5) is 36.5.